The zero-order valence-corrected chi connectivity index (χ0v) is 12.0. The van der Waals surface area contributed by atoms with Crippen LogP contribution >= 0.6 is 0 Å². The van der Waals surface area contributed by atoms with Crippen molar-refractivity contribution in [2.45, 2.75) is 11.8 Å². The van der Waals surface area contributed by atoms with E-state index in [9.17, 15) is 18.0 Å². The molecule has 0 amide bonds. The summed E-state index contributed by atoms with van der Waals surface area (Å²) in [7, 11) is -2.62. The van der Waals surface area contributed by atoms with Crippen molar-refractivity contribution in [2.75, 3.05) is 20.2 Å². The fraction of sp³-hybridized carbons (Fsp3) is 0.500. The average molecular weight is 300 g/mol. The summed E-state index contributed by atoms with van der Waals surface area (Å²) in [6.07, 6.45) is 2.53. The van der Waals surface area contributed by atoms with Crippen LogP contribution < -0.4 is 5.43 Å². The summed E-state index contributed by atoms with van der Waals surface area (Å²) in [5, 5.41) is 0. The number of pyridine rings is 1. The molecule has 1 saturated heterocycles. The molecule has 2 atom stereocenters. The van der Waals surface area contributed by atoms with Gasteiger partial charge in [-0.1, -0.05) is 6.92 Å². The molecule has 8 heteroatoms. The SMILES string of the molecule is COC(=O)C1CN(S(=O)(=O)c2c[nH]ccc2=O)CC1C. The number of nitrogens with zero attached hydrogens (tertiary/aromatic N) is 1. The molecule has 2 heterocycles. The number of aromatic amines is 1. The third-order valence-corrected chi connectivity index (χ3v) is 5.34. The molecular weight excluding hydrogens is 284 g/mol. The molecule has 0 aliphatic carbocycles. The van der Waals surface area contributed by atoms with E-state index in [1.807, 2.05) is 0 Å². The lowest BCUT2D eigenvalue weighted by Crippen LogP contribution is -2.33. The number of esters is 1. The van der Waals surface area contributed by atoms with E-state index < -0.39 is 27.3 Å². The van der Waals surface area contributed by atoms with E-state index in [1.165, 1.54) is 13.3 Å². The maximum atomic E-state index is 12.4. The Kier molecular flexibility index (Phi) is 3.96. The lowest BCUT2D eigenvalue weighted by molar-refractivity contribution is -0.145. The van der Waals surface area contributed by atoms with Crippen LogP contribution in [0.2, 0.25) is 0 Å². The highest BCUT2D eigenvalue weighted by Crippen LogP contribution is 2.28. The third kappa shape index (κ3) is 2.48. The number of nitrogens with one attached hydrogen (secondary N) is 1. The number of sulfonamides is 1. The highest BCUT2D eigenvalue weighted by atomic mass is 32.2. The Bertz CT molecular complexity index is 666. The lowest BCUT2D eigenvalue weighted by Gasteiger charge is -2.15. The van der Waals surface area contributed by atoms with Crippen molar-refractivity contribution in [1.29, 1.82) is 0 Å². The number of hydrogen-bond donors (Lipinski definition) is 1. The number of hydrogen-bond acceptors (Lipinski definition) is 5. The summed E-state index contributed by atoms with van der Waals surface area (Å²) in [5.41, 5.74) is -0.571. The number of methoxy groups -OCH3 is 1. The molecule has 20 heavy (non-hydrogen) atoms. The maximum Gasteiger partial charge on any atom is 0.310 e. The summed E-state index contributed by atoms with van der Waals surface area (Å²) in [6, 6.07) is 1.16. The highest BCUT2D eigenvalue weighted by molar-refractivity contribution is 7.89. The number of ether oxygens (including phenoxy) is 1. The molecule has 1 aliphatic rings. The monoisotopic (exact) mass is 300 g/mol. The molecule has 0 aromatic carbocycles. The number of rotatable bonds is 3. The highest BCUT2D eigenvalue weighted by Gasteiger charge is 2.41. The first kappa shape index (κ1) is 14.7. The van der Waals surface area contributed by atoms with Gasteiger partial charge in [0.25, 0.3) is 0 Å². The van der Waals surface area contributed by atoms with Crippen molar-refractivity contribution in [3.63, 3.8) is 0 Å². The molecule has 7 nitrogen and oxygen atoms in total. The first-order chi connectivity index (χ1) is 9.37. The quantitative estimate of drug-likeness (QED) is 0.780. The van der Waals surface area contributed by atoms with Crippen LogP contribution in [0.1, 0.15) is 6.92 Å². The van der Waals surface area contributed by atoms with Crippen LogP contribution in [0, 0.1) is 11.8 Å². The number of aromatic nitrogens is 1. The number of carbonyl (C=O) groups is 1. The average Bonchev–Trinajstić information content (AvgIpc) is 2.81. The molecule has 2 rings (SSSR count). The molecule has 1 fully saturated rings. The van der Waals surface area contributed by atoms with E-state index in [2.05, 4.69) is 9.72 Å². The molecule has 1 aromatic heterocycles. The smallest absolute Gasteiger partial charge is 0.310 e. The fourth-order valence-corrected chi connectivity index (χ4v) is 3.92. The Morgan fingerprint density at radius 1 is 1.45 bits per heavy atom. The zero-order chi connectivity index (χ0) is 14.9. The van der Waals surface area contributed by atoms with Crippen molar-refractivity contribution in [2.24, 2.45) is 11.8 Å². The second-order valence-electron chi connectivity index (χ2n) is 4.80. The largest absolute Gasteiger partial charge is 0.469 e. The van der Waals surface area contributed by atoms with Gasteiger partial charge < -0.3 is 9.72 Å². The molecule has 1 aromatic rings. The molecule has 0 bridgehead atoms. The van der Waals surface area contributed by atoms with Crippen molar-refractivity contribution in [3.05, 3.63) is 28.7 Å². The van der Waals surface area contributed by atoms with E-state index in [1.54, 1.807) is 6.92 Å². The molecule has 0 saturated carbocycles. The van der Waals surface area contributed by atoms with E-state index in [-0.39, 0.29) is 23.9 Å². The van der Waals surface area contributed by atoms with Gasteiger partial charge in [0.2, 0.25) is 15.5 Å². The predicted molar refractivity (Wildman–Crippen MR) is 70.5 cm³/mol. The number of carbonyl (C=O) groups excluding carboxylic acids is 1. The second kappa shape index (κ2) is 5.37. The third-order valence-electron chi connectivity index (χ3n) is 3.49. The van der Waals surface area contributed by atoms with Crippen LogP contribution in [0.4, 0.5) is 0 Å². The van der Waals surface area contributed by atoms with E-state index in [0.717, 1.165) is 16.6 Å². The topological polar surface area (TPSA) is 96.5 Å². The molecule has 1 aliphatic heterocycles. The van der Waals surface area contributed by atoms with Gasteiger partial charge in [0, 0.05) is 31.5 Å². The van der Waals surface area contributed by atoms with Crippen LogP contribution in [0.5, 0.6) is 0 Å². The lowest BCUT2D eigenvalue weighted by atomic mass is 9.99. The van der Waals surface area contributed by atoms with Gasteiger partial charge in [-0.25, -0.2) is 8.42 Å². The minimum absolute atomic E-state index is 0.0322. The van der Waals surface area contributed by atoms with Crippen LogP contribution in [-0.4, -0.2) is 43.9 Å². The van der Waals surface area contributed by atoms with Gasteiger partial charge in [-0.05, 0) is 5.92 Å². The van der Waals surface area contributed by atoms with Crippen LogP contribution in [0.15, 0.2) is 28.2 Å². The van der Waals surface area contributed by atoms with Crippen LogP contribution in [0.3, 0.4) is 0 Å². The second-order valence-corrected chi connectivity index (χ2v) is 6.71. The van der Waals surface area contributed by atoms with E-state index >= 15 is 0 Å². The molecule has 0 spiro atoms. The van der Waals surface area contributed by atoms with Gasteiger partial charge in [0.15, 0.2) is 0 Å². The molecule has 1 N–H and O–H groups in total. The van der Waals surface area contributed by atoms with Crippen molar-refractivity contribution in [3.8, 4) is 0 Å². The molecule has 2 unspecified atom stereocenters. The summed E-state index contributed by atoms with van der Waals surface area (Å²) < 4.78 is 30.6. The Morgan fingerprint density at radius 3 is 2.75 bits per heavy atom. The summed E-state index contributed by atoms with van der Waals surface area (Å²) in [4.78, 5) is 25.5. The normalized spacial score (nSPS) is 23.7. The molecule has 0 radical (unpaired) electrons. The molecular formula is C12H16N2O5S. The van der Waals surface area contributed by atoms with Gasteiger partial charge in [-0.2, -0.15) is 4.31 Å². The Labute approximate surface area is 116 Å². The fourth-order valence-electron chi connectivity index (χ4n) is 2.32. The van der Waals surface area contributed by atoms with Crippen molar-refractivity contribution >= 4 is 16.0 Å². The van der Waals surface area contributed by atoms with Gasteiger partial charge >= 0.3 is 5.97 Å². The minimum atomic E-state index is -3.90. The number of H-pyrrole nitrogens is 1. The van der Waals surface area contributed by atoms with Gasteiger partial charge in [-0.3, -0.25) is 9.59 Å². The van der Waals surface area contributed by atoms with Crippen molar-refractivity contribution < 1.29 is 17.9 Å². The first-order valence-electron chi connectivity index (χ1n) is 6.13. The summed E-state index contributed by atoms with van der Waals surface area (Å²) >= 11 is 0. The van der Waals surface area contributed by atoms with Crippen LogP contribution in [0.25, 0.3) is 0 Å². The van der Waals surface area contributed by atoms with E-state index in [0.29, 0.717) is 0 Å². The van der Waals surface area contributed by atoms with E-state index in [4.69, 9.17) is 0 Å². The first-order valence-corrected chi connectivity index (χ1v) is 7.57. The minimum Gasteiger partial charge on any atom is -0.469 e. The summed E-state index contributed by atoms with van der Waals surface area (Å²) in [6.45, 7) is 2.01. The van der Waals surface area contributed by atoms with Gasteiger partial charge in [0.1, 0.15) is 4.90 Å². The standard InChI is InChI=1S/C12H16N2O5S/c1-8-6-14(7-9(8)12(16)19-2)20(17,18)11-5-13-4-3-10(11)15/h3-5,8-9H,6-7H2,1-2H3,(H,13,15). The Morgan fingerprint density at radius 2 is 2.15 bits per heavy atom. The predicted octanol–water partition coefficient (Wildman–Crippen LogP) is -0.196. The Hall–Kier alpha value is -1.67. The van der Waals surface area contributed by atoms with Crippen molar-refractivity contribution in [1.82, 2.24) is 9.29 Å². The summed E-state index contributed by atoms with van der Waals surface area (Å²) in [5.74, 6) is -1.09. The Balaban J connectivity index is 2.32. The maximum absolute atomic E-state index is 12.4. The van der Waals surface area contributed by atoms with Gasteiger partial charge in [0.05, 0.1) is 13.0 Å². The van der Waals surface area contributed by atoms with Gasteiger partial charge in [-0.15, -0.1) is 0 Å². The molecule has 110 valence electrons. The van der Waals surface area contributed by atoms with Crippen LogP contribution in [-0.2, 0) is 19.6 Å². The zero-order valence-electron chi connectivity index (χ0n) is 11.2.